The van der Waals surface area contributed by atoms with Crippen molar-refractivity contribution in [2.75, 3.05) is 0 Å². The van der Waals surface area contributed by atoms with Gasteiger partial charge in [-0.2, -0.15) is 0 Å². The van der Waals surface area contributed by atoms with Crippen LogP contribution in [0.5, 0.6) is 0 Å². The van der Waals surface area contributed by atoms with Gasteiger partial charge < -0.3 is 4.57 Å². The standard InChI is InChI=1S/C52H33N3/c1-4-15-34(16-5-1)47-33-48(35-17-6-2-7-18-35)54-52(53-47)44-25-14-24-43-40-22-11-10-21-39(40)41-29-27-36(32-46(41)51(43)44)37-28-30-50-45(31-37)42-23-12-13-26-49(42)55(50)38-19-8-3-9-20-38/h1-33H. The summed E-state index contributed by atoms with van der Waals surface area (Å²) in [5, 5.41) is 9.68. The van der Waals surface area contributed by atoms with Crippen LogP contribution in [-0.2, 0) is 0 Å². The molecule has 2 aromatic heterocycles. The van der Waals surface area contributed by atoms with Gasteiger partial charge in [-0.05, 0) is 80.5 Å². The third-order valence-corrected chi connectivity index (χ3v) is 11.0. The largest absolute Gasteiger partial charge is 0.309 e. The van der Waals surface area contributed by atoms with E-state index in [2.05, 4.69) is 193 Å². The highest BCUT2D eigenvalue weighted by Crippen LogP contribution is 2.42. The molecule has 0 saturated heterocycles. The van der Waals surface area contributed by atoms with Crippen LogP contribution in [0.1, 0.15) is 0 Å². The SMILES string of the molecule is c1ccc(-c2cc(-c3ccccc3)nc(-c3cccc4c5ccccc5c5ccc(-c6ccc7c(c6)c6ccccc6n7-c6ccccc6)cc5c34)n2)cc1. The molecule has 55 heavy (non-hydrogen) atoms. The molecule has 0 unspecified atom stereocenters. The van der Waals surface area contributed by atoms with E-state index in [1.165, 1.54) is 59.9 Å². The topological polar surface area (TPSA) is 30.7 Å². The van der Waals surface area contributed by atoms with Crippen molar-refractivity contribution in [2.45, 2.75) is 0 Å². The molecule has 11 aromatic rings. The number of aromatic nitrogens is 3. The van der Waals surface area contributed by atoms with Gasteiger partial charge in [-0.3, -0.25) is 0 Å². The molecule has 0 bridgehead atoms. The Balaban J connectivity index is 1.18. The Labute approximate surface area is 318 Å². The maximum Gasteiger partial charge on any atom is 0.161 e. The second-order valence-corrected chi connectivity index (χ2v) is 14.1. The number of para-hydroxylation sites is 2. The molecule has 2 heterocycles. The first-order chi connectivity index (χ1) is 27.3. The fourth-order valence-corrected chi connectivity index (χ4v) is 8.46. The Bertz CT molecular complexity index is 3180. The van der Waals surface area contributed by atoms with Crippen LogP contribution >= 0.6 is 0 Å². The van der Waals surface area contributed by atoms with Crippen LogP contribution in [0.3, 0.4) is 0 Å². The van der Waals surface area contributed by atoms with E-state index in [4.69, 9.17) is 9.97 Å². The molecule has 0 amide bonds. The average Bonchev–Trinajstić information content (AvgIpc) is 3.60. The maximum absolute atomic E-state index is 5.29. The molecule has 3 nitrogen and oxygen atoms in total. The van der Waals surface area contributed by atoms with Crippen molar-refractivity contribution in [2.24, 2.45) is 0 Å². The summed E-state index contributed by atoms with van der Waals surface area (Å²) >= 11 is 0. The van der Waals surface area contributed by atoms with E-state index in [0.717, 1.165) is 39.2 Å². The zero-order valence-corrected chi connectivity index (χ0v) is 29.9. The molecule has 3 heteroatoms. The molecule has 0 N–H and O–H groups in total. The zero-order chi connectivity index (χ0) is 36.3. The molecule has 0 aliphatic rings. The minimum atomic E-state index is 0.711. The Morgan fingerprint density at radius 1 is 0.309 bits per heavy atom. The molecular weight excluding hydrogens is 667 g/mol. The van der Waals surface area contributed by atoms with Gasteiger partial charge >= 0.3 is 0 Å². The molecule has 0 atom stereocenters. The Morgan fingerprint density at radius 3 is 1.51 bits per heavy atom. The highest BCUT2D eigenvalue weighted by Gasteiger charge is 2.18. The quantitative estimate of drug-likeness (QED) is 0.167. The fraction of sp³-hybridized carbons (Fsp3) is 0. The number of rotatable bonds is 5. The van der Waals surface area contributed by atoms with Gasteiger partial charge in [0.1, 0.15) is 0 Å². The van der Waals surface area contributed by atoms with Crippen molar-refractivity contribution >= 4 is 54.1 Å². The lowest BCUT2D eigenvalue weighted by Gasteiger charge is -2.16. The summed E-state index contributed by atoms with van der Waals surface area (Å²) in [6.07, 6.45) is 0. The average molecular weight is 700 g/mol. The predicted molar refractivity (Wildman–Crippen MR) is 231 cm³/mol. The van der Waals surface area contributed by atoms with Crippen LogP contribution < -0.4 is 0 Å². The lowest BCUT2D eigenvalue weighted by Crippen LogP contribution is -1.97. The van der Waals surface area contributed by atoms with Crippen LogP contribution in [0.15, 0.2) is 200 Å². The van der Waals surface area contributed by atoms with E-state index < -0.39 is 0 Å². The zero-order valence-electron chi connectivity index (χ0n) is 29.9. The third kappa shape index (κ3) is 5.13. The van der Waals surface area contributed by atoms with Gasteiger partial charge in [0.05, 0.1) is 22.4 Å². The first kappa shape index (κ1) is 31.2. The second-order valence-electron chi connectivity index (χ2n) is 14.1. The molecule has 11 rings (SSSR count). The Kier molecular flexibility index (Phi) is 7.17. The fourth-order valence-electron chi connectivity index (χ4n) is 8.46. The van der Waals surface area contributed by atoms with E-state index in [1.54, 1.807) is 0 Å². The highest BCUT2D eigenvalue weighted by atomic mass is 15.0. The van der Waals surface area contributed by atoms with E-state index in [-0.39, 0.29) is 0 Å². The molecule has 9 aromatic carbocycles. The van der Waals surface area contributed by atoms with E-state index in [9.17, 15) is 0 Å². The summed E-state index contributed by atoms with van der Waals surface area (Å²) < 4.78 is 2.37. The monoisotopic (exact) mass is 699 g/mol. The summed E-state index contributed by atoms with van der Waals surface area (Å²) in [5.74, 6) is 0.711. The smallest absolute Gasteiger partial charge is 0.161 e. The molecule has 0 saturated carbocycles. The van der Waals surface area contributed by atoms with Gasteiger partial charge in [-0.15, -0.1) is 0 Å². The Hall–Kier alpha value is -7.36. The van der Waals surface area contributed by atoms with Crippen LogP contribution in [-0.4, -0.2) is 14.5 Å². The summed E-state index contributed by atoms with van der Waals surface area (Å²) in [5.41, 5.74) is 10.8. The van der Waals surface area contributed by atoms with Crippen LogP contribution in [0.2, 0.25) is 0 Å². The first-order valence-corrected chi connectivity index (χ1v) is 18.7. The van der Waals surface area contributed by atoms with Gasteiger partial charge in [0.15, 0.2) is 5.82 Å². The van der Waals surface area contributed by atoms with Crippen LogP contribution in [0.4, 0.5) is 0 Å². The van der Waals surface area contributed by atoms with Gasteiger partial charge in [-0.25, -0.2) is 9.97 Å². The first-order valence-electron chi connectivity index (χ1n) is 18.7. The van der Waals surface area contributed by atoms with Crippen molar-refractivity contribution in [3.8, 4) is 50.7 Å². The molecule has 0 radical (unpaired) electrons. The minimum absolute atomic E-state index is 0.711. The van der Waals surface area contributed by atoms with Crippen molar-refractivity contribution < 1.29 is 0 Å². The highest BCUT2D eigenvalue weighted by molar-refractivity contribution is 6.28. The number of nitrogens with zero attached hydrogens (tertiary/aromatic N) is 3. The molecule has 0 aliphatic heterocycles. The van der Waals surface area contributed by atoms with Crippen LogP contribution in [0.25, 0.3) is 105 Å². The lowest BCUT2D eigenvalue weighted by molar-refractivity contribution is 1.18. The van der Waals surface area contributed by atoms with E-state index >= 15 is 0 Å². The van der Waals surface area contributed by atoms with Gasteiger partial charge in [0.2, 0.25) is 0 Å². The summed E-state index contributed by atoms with van der Waals surface area (Å²) in [7, 11) is 0. The Morgan fingerprint density at radius 2 is 0.818 bits per heavy atom. The third-order valence-electron chi connectivity index (χ3n) is 11.0. The van der Waals surface area contributed by atoms with E-state index in [1.807, 2.05) is 12.1 Å². The summed E-state index contributed by atoms with van der Waals surface area (Å²) in [6, 6.07) is 71.5. The molecular formula is C52H33N3. The van der Waals surface area contributed by atoms with Gasteiger partial charge in [-0.1, -0.05) is 158 Å². The number of hydrogen-bond donors (Lipinski definition) is 0. The normalized spacial score (nSPS) is 11.6. The molecule has 0 fully saturated rings. The second kappa shape index (κ2) is 12.6. The maximum atomic E-state index is 5.29. The number of fused-ring (bicyclic) bond motifs is 9. The van der Waals surface area contributed by atoms with Crippen molar-refractivity contribution in [3.63, 3.8) is 0 Å². The van der Waals surface area contributed by atoms with Crippen molar-refractivity contribution in [3.05, 3.63) is 200 Å². The molecule has 0 aliphatic carbocycles. The van der Waals surface area contributed by atoms with Crippen molar-refractivity contribution in [1.82, 2.24) is 14.5 Å². The van der Waals surface area contributed by atoms with Gasteiger partial charge in [0.25, 0.3) is 0 Å². The number of benzene rings is 9. The van der Waals surface area contributed by atoms with Crippen LogP contribution in [0, 0.1) is 0 Å². The van der Waals surface area contributed by atoms with Crippen molar-refractivity contribution in [1.29, 1.82) is 0 Å². The molecule has 256 valence electrons. The predicted octanol–water partition coefficient (Wildman–Crippen LogP) is 13.7. The minimum Gasteiger partial charge on any atom is -0.309 e. The summed E-state index contributed by atoms with van der Waals surface area (Å²) in [6.45, 7) is 0. The van der Waals surface area contributed by atoms with E-state index in [0.29, 0.717) is 5.82 Å². The summed E-state index contributed by atoms with van der Waals surface area (Å²) in [4.78, 5) is 10.6. The van der Waals surface area contributed by atoms with Gasteiger partial charge in [0, 0.05) is 38.5 Å². The lowest BCUT2D eigenvalue weighted by atomic mass is 9.89. The molecule has 0 spiro atoms. The number of hydrogen-bond acceptors (Lipinski definition) is 2.